The van der Waals surface area contributed by atoms with Gasteiger partial charge in [-0.1, -0.05) is 29.8 Å². The highest BCUT2D eigenvalue weighted by atomic mass is 35.5. The predicted molar refractivity (Wildman–Crippen MR) is 114 cm³/mol. The second kappa shape index (κ2) is 8.98. The fourth-order valence-electron chi connectivity index (χ4n) is 2.57. The van der Waals surface area contributed by atoms with Gasteiger partial charge in [0.25, 0.3) is 15.9 Å². The Hall–Kier alpha value is -3.03. The standard InChI is InChI=1S/C21H19ClN2O4S/c1-2-28-17-10-8-16(9-11-17)24-29(26,27)18-12-13-20(22)19(14-18)21(25)23-15-6-4-3-5-7-15/h3-14,24H,2H2,1H3,(H,23,25). The molecule has 0 aliphatic carbocycles. The van der Waals surface area contributed by atoms with Gasteiger partial charge in [-0.05, 0) is 61.5 Å². The second-order valence-electron chi connectivity index (χ2n) is 6.02. The lowest BCUT2D eigenvalue weighted by molar-refractivity contribution is 0.102. The number of benzene rings is 3. The van der Waals surface area contributed by atoms with Gasteiger partial charge in [0.2, 0.25) is 0 Å². The van der Waals surface area contributed by atoms with Gasteiger partial charge in [-0.15, -0.1) is 0 Å². The first-order chi connectivity index (χ1) is 13.9. The minimum atomic E-state index is -3.91. The molecule has 3 aromatic carbocycles. The van der Waals surface area contributed by atoms with Crippen LogP contribution in [0.1, 0.15) is 17.3 Å². The van der Waals surface area contributed by atoms with Crippen molar-refractivity contribution in [3.05, 3.63) is 83.4 Å². The van der Waals surface area contributed by atoms with E-state index in [1.165, 1.54) is 18.2 Å². The van der Waals surface area contributed by atoms with Gasteiger partial charge in [-0.2, -0.15) is 0 Å². The van der Waals surface area contributed by atoms with Crippen molar-refractivity contribution in [3.63, 3.8) is 0 Å². The highest BCUT2D eigenvalue weighted by Gasteiger charge is 2.19. The van der Waals surface area contributed by atoms with Crippen LogP contribution in [-0.4, -0.2) is 20.9 Å². The number of carbonyl (C=O) groups is 1. The number of carbonyl (C=O) groups excluding carboxylic acids is 1. The summed E-state index contributed by atoms with van der Waals surface area (Å²) in [6.45, 7) is 2.38. The number of hydrogen-bond donors (Lipinski definition) is 2. The van der Waals surface area contributed by atoms with Crippen molar-refractivity contribution in [1.82, 2.24) is 0 Å². The molecule has 0 bridgehead atoms. The number of ether oxygens (including phenoxy) is 1. The topological polar surface area (TPSA) is 84.5 Å². The zero-order chi connectivity index (χ0) is 20.9. The first-order valence-electron chi connectivity index (χ1n) is 8.80. The average Bonchev–Trinajstić information content (AvgIpc) is 2.70. The SMILES string of the molecule is CCOc1ccc(NS(=O)(=O)c2ccc(Cl)c(C(=O)Nc3ccccc3)c2)cc1. The van der Waals surface area contributed by atoms with E-state index in [0.29, 0.717) is 23.7 Å². The summed E-state index contributed by atoms with van der Waals surface area (Å²) in [5.41, 5.74) is 1.01. The van der Waals surface area contributed by atoms with E-state index in [4.69, 9.17) is 16.3 Å². The number of nitrogens with one attached hydrogen (secondary N) is 2. The Balaban J connectivity index is 1.82. The molecule has 0 spiro atoms. The second-order valence-corrected chi connectivity index (χ2v) is 8.11. The van der Waals surface area contributed by atoms with Gasteiger partial charge in [0.1, 0.15) is 5.75 Å². The van der Waals surface area contributed by atoms with E-state index < -0.39 is 15.9 Å². The lowest BCUT2D eigenvalue weighted by atomic mass is 10.2. The van der Waals surface area contributed by atoms with Crippen molar-refractivity contribution in [2.45, 2.75) is 11.8 Å². The molecule has 8 heteroatoms. The molecule has 3 rings (SSSR count). The fraction of sp³-hybridized carbons (Fsp3) is 0.0952. The minimum absolute atomic E-state index is 0.0603. The number of amides is 1. The van der Waals surface area contributed by atoms with E-state index in [1.54, 1.807) is 48.5 Å². The van der Waals surface area contributed by atoms with Crippen molar-refractivity contribution in [2.24, 2.45) is 0 Å². The Bertz CT molecular complexity index is 1100. The van der Waals surface area contributed by atoms with Gasteiger partial charge in [-0.3, -0.25) is 9.52 Å². The highest BCUT2D eigenvalue weighted by molar-refractivity contribution is 7.92. The lowest BCUT2D eigenvalue weighted by Crippen LogP contribution is -2.16. The molecule has 0 unspecified atom stereocenters. The molecule has 0 atom stereocenters. The quantitative estimate of drug-likeness (QED) is 0.564. The molecule has 0 saturated heterocycles. The fourth-order valence-corrected chi connectivity index (χ4v) is 3.85. The van der Waals surface area contributed by atoms with E-state index >= 15 is 0 Å². The molecule has 3 aromatic rings. The molecule has 0 aliphatic heterocycles. The van der Waals surface area contributed by atoms with Gasteiger partial charge in [0.15, 0.2) is 0 Å². The van der Waals surface area contributed by atoms with Gasteiger partial charge in [-0.25, -0.2) is 8.42 Å². The number of anilines is 2. The Kier molecular flexibility index (Phi) is 6.41. The van der Waals surface area contributed by atoms with E-state index in [9.17, 15) is 13.2 Å². The maximum Gasteiger partial charge on any atom is 0.261 e. The maximum atomic E-state index is 12.7. The van der Waals surface area contributed by atoms with Crippen molar-refractivity contribution < 1.29 is 17.9 Å². The third kappa shape index (κ3) is 5.28. The minimum Gasteiger partial charge on any atom is -0.494 e. The van der Waals surface area contributed by atoms with Crippen LogP contribution in [0.4, 0.5) is 11.4 Å². The van der Waals surface area contributed by atoms with Gasteiger partial charge in [0, 0.05) is 11.4 Å². The summed E-state index contributed by atoms with van der Waals surface area (Å²) in [6.07, 6.45) is 0. The number of hydrogen-bond acceptors (Lipinski definition) is 4. The van der Waals surface area contributed by atoms with Crippen molar-refractivity contribution >= 4 is 38.9 Å². The molecule has 0 aromatic heterocycles. The van der Waals surface area contributed by atoms with E-state index in [1.807, 2.05) is 13.0 Å². The summed E-state index contributed by atoms with van der Waals surface area (Å²) >= 11 is 6.12. The Morgan fingerprint density at radius 3 is 2.31 bits per heavy atom. The van der Waals surface area contributed by atoms with E-state index in [-0.39, 0.29) is 15.5 Å². The van der Waals surface area contributed by atoms with E-state index in [2.05, 4.69) is 10.0 Å². The lowest BCUT2D eigenvalue weighted by Gasteiger charge is -2.12. The normalized spacial score (nSPS) is 11.0. The smallest absolute Gasteiger partial charge is 0.261 e. The van der Waals surface area contributed by atoms with Crippen molar-refractivity contribution in [3.8, 4) is 5.75 Å². The molecule has 1 amide bonds. The average molecular weight is 431 g/mol. The first kappa shape index (κ1) is 20.7. The van der Waals surface area contributed by atoms with Crippen molar-refractivity contribution in [2.75, 3.05) is 16.6 Å². The summed E-state index contributed by atoms with van der Waals surface area (Å²) < 4.78 is 33.3. The Morgan fingerprint density at radius 2 is 1.66 bits per heavy atom. The predicted octanol–water partition coefficient (Wildman–Crippen LogP) is 4.79. The van der Waals surface area contributed by atoms with E-state index in [0.717, 1.165) is 0 Å². The molecule has 150 valence electrons. The molecular weight excluding hydrogens is 412 g/mol. The monoisotopic (exact) mass is 430 g/mol. The summed E-state index contributed by atoms with van der Waals surface area (Å²) in [7, 11) is -3.91. The van der Waals surface area contributed by atoms with Crippen LogP contribution in [-0.2, 0) is 10.0 Å². The third-order valence-electron chi connectivity index (χ3n) is 3.94. The summed E-state index contributed by atoms with van der Waals surface area (Å²) in [5.74, 6) is 0.140. The molecule has 0 saturated carbocycles. The number of sulfonamides is 1. The molecule has 0 heterocycles. The van der Waals surface area contributed by atoms with Gasteiger partial charge >= 0.3 is 0 Å². The highest BCUT2D eigenvalue weighted by Crippen LogP contribution is 2.24. The van der Waals surface area contributed by atoms with Crippen LogP contribution in [0.5, 0.6) is 5.75 Å². The number of rotatable bonds is 7. The molecule has 0 radical (unpaired) electrons. The zero-order valence-electron chi connectivity index (χ0n) is 15.6. The van der Waals surface area contributed by atoms with Crippen LogP contribution < -0.4 is 14.8 Å². The molecule has 0 aliphatic rings. The van der Waals surface area contributed by atoms with Crippen LogP contribution in [0.2, 0.25) is 5.02 Å². The van der Waals surface area contributed by atoms with Crippen LogP contribution >= 0.6 is 11.6 Å². The summed E-state index contributed by atoms with van der Waals surface area (Å²) in [4.78, 5) is 12.5. The third-order valence-corrected chi connectivity index (χ3v) is 5.65. The summed E-state index contributed by atoms with van der Waals surface area (Å²) in [5, 5.41) is 2.84. The van der Waals surface area contributed by atoms with Crippen molar-refractivity contribution in [1.29, 1.82) is 0 Å². The Morgan fingerprint density at radius 1 is 0.966 bits per heavy atom. The van der Waals surface area contributed by atoms with Crippen LogP contribution in [0.3, 0.4) is 0 Å². The Labute approximate surface area is 174 Å². The largest absolute Gasteiger partial charge is 0.494 e. The van der Waals surface area contributed by atoms with Gasteiger partial charge in [0.05, 0.1) is 22.1 Å². The van der Waals surface area contributed by atoms with Crippen LogP contribution in [0.15, 0.2) is 77.7 Å². The molecule has 6 nitrogen and oxygen atoms in total. The van der Waals surface area contributed by atoms with Crippen LogP contribution in [0, 0.1) is 0 Å². The zero-order valence-corrected chi connectivity index (χ0v) is 17.1. The molecule has 0 fully saturated rings. The molecule has 29 heavy (non-hydrogen) atoms. The van der Waals surface area contributed by atoms with Crippen LogP contribution in [0.25, 0.3) is 0 Å². The molecular formula is C21H19ClN2O4S. The maximum absolute atomic E-state index is 12.7. The first-order valence-corrected chi connectivity index (χ1v) is 10.7. The summed E-state index contributed by atoms with van der Waals surface area (Å²) in [6, 6.07) is 19.3. The van der Waals surface area contributed by atoms with Gasteiger partial charge < -0.3 is 10.1 Å². The molecule has 2 N–H and O–H groups in total. The number of para-hydroxylation sites is 1. The number of halogens is 1.